The molecule has 0 radical (unpaired) electrons. The lowest BCUT2D eigenvalue weighted by Crippen LogP contribution is -2.14. The number of anilines is 1. The number of thiophene rings is 1. The number of aryl methyl sites for hydroxylation is 1. The van der Waals surface area contributed by atoms with Gasteiger partial charge in [0, 0.05) is 10.4 Å². The van der Waals surface area contributed by atoms with Gasteiger partial charge in [0.05, 0.1) is 17.7 Å². The topological polar surface area (TPSA) is 55.4 Å². The number of nitrogens with one attached hydrogen (secondary N) is 1. The number of alkyl halides is 3. The van der Waals surface area contributed by atoms with Crippen LogP contribution in [-0.2, 0) is 10.9 Å². The number of amides is 1. The van der Waals surface area contributed by atoms with E-state index >= 15 is 0 Å². The summed E-state index contributed by atoms with van der Waals surface area (Å²) < 4.78 is 42.5. The number of halogens is 3. The van der Waals surface area contributed by atoms with Crippen LogP contribution in [0.2, 0.25) is 0 Å². The Hall–Kier alpha value is -2.35. The van der Waals surface area contributed by atoms with Crippen molar-refractivity contribution in [1.82, 2.24) is 0 Å². The van der Waals surface area contributed by atoms with Crippen molar-refractivity contribution in [2.45, 2.75) is 20.0 Å². The zero-order valence-corrected chi connectivity index (χ0v) is 13.7. The van der Waals surface area contributed by atoms with Crippen LogP contribution in [0.15, 0.2) is 30.3 Å². The van der Waals surface area contributed by atoms with Crippen molar-refractivity contribution in [3.8, 4) is 0 Å². The highest BCUT2D eigenvalue weighted by atomic mass is 32.1. The Kier molecular flexibility index (Phi) is 5.28. The van der Waals surface area contributed by atoms with Gasteiger partial charge in [0.25, 0.3) is 5.91 Å². The molecule has 24 heavy (non-hydrogen) atoms. The van der Waals surface area contributed by atoms with E-state index in [2.05, 4.69) is 5.32 Å². The first-order valence-corrected chi connectivity index (χ1v) is 7.80. The summed E-state index contributed by atoms with van der Waals surface area (Å²) in [4.78, 5) is 24.8. The summed E-state index contributed by atoms with van der Waals surface area (Å²) in [6, 6.07) is 5.43. The van der Waals surface area contributed by atoms with Crippen molar-refractivity contribution in [3.63, 3.8) is 0 Å². The maximum absolute atomic E-state index is 12.5. The van der Waals surface area contributed by atoms with E-state index in [1.165, 1.54) is 11.3 Å². The first kappa shape index (κ1) is 18.0. The molecule has 1 amide bonds. The molecule has 0 atom stereocenters. The highest BCUT2D eigenvalue weighted by Gasteiger charge is 2.30. The predicted octanol–water partition coefficient (Wildman–Crippen LogP) is 4.50. The van der Waals surface area contributed by atoms with Gasteiger partial charge in [-0.25, -0.2) is 4.79 Å². The summed E-state index contributed by atoms with van der Waals surface area (Å²) >= 11 is 1.19. The van der Waals surface area contributed by atoms with Gasteiger partial charge >= 0.3 is 12.1 Å². The number of esters is 1. The minimum atomic E-state index is -4.46. The molecule has 0 bridgehead atoms. The van der Waals surface area contributed by atoms with Crippen molar-refractivity contribution >= 4 is 28.2 Å². The van der Waals surface area contributed by atoms with Gasteiger partial charge in [-0.05, 0) is 44.2 Å². The number of carbonyl (C=O) groups excluding carboxylic acids is 2. The van der Waals surface area contributed by atoms with E-state index in [1.54, 1.807) is 19.9 Å². The third kappa shape index (κ3) is 4.14. The summed E-state index contributed by atoms with van der Waals surface area (Å²) in [5.41, 5.74) is -0.554. The minimum absolute atomic E-state index is 0.0591. The molecule has 2 rings (SSSR count). The van der Waals surface area contributed by atoms with Gasteiger partial charge in [0.1, 0.15) is 5.00 Å². The van der Waals surface area contributed by atoms with Crippen LogP contribution in [0.25, 0.3) is 0 Å². The van der Waals surface area contributed by atoms with E-state index in [4.69, 9.17) is 4.74 Å². The Morgan fingerprint density at radius 2 is 1.83 bits per heavy atom. The second-order valence-electron chi connectivity index (χ2n) is 4.85. The van der Waals surface area contributed by atoms with Gasteiger partial charge in [0.2, 0.25) is 0 Å². The number of ether oxygens (including phenoxy) is 1. The molecule has 8 heteroatoms. The van der Waals surface area contributed by atoms with Gasteiger partial charge in [0.15, 0.2) is 0 Å². The van der Waals surface area contributed by atoms with Crippen LogP contribution in [0, 0.1) is 6.92 Å². The lowest BCUT2D eigenvalue weighted by Gasteiger charge is -2.08. The van der Waals surface area contributed by atoms with Gasteiger partial charge in [-0.2, -0.15) is 13.2 Å². The van der Waals surface area contributed by atoms with Crippen LogP contribution in [0.5, 0.6) is 0 Å². The highest BCUT2D eigenvalue weighted by molar-refractivity contribution is 7.16. The first-order chi connectivity index (χ1) is 11.2. The van der Waals surface area contributed by atoms with E-state index in [9.17, 15) is 22.8 Å². The van der Waals surface area contributed by atoms with Crippen molar-refractivity contribution in [3.05, 3.63) is 51.9 Å². The number of benzene rings is 1. The quantitative estimate of drug-likeness (QED) is 0.820. The maximum Gasteiger partial charge on any atom is 0.416 e. The minimum Gasteiger partial charge on any atom is -0.462 e. The van der Waals surface area contributed by atoms with Gasteiger partial charge in [-0.3, -0.25) is 4.79 Å². The van der Waals surface area contributed by atoms with Gasteiger partial charge < -0.3 is 10.1 Å². The fraction of sp³-hybridized carbons (Fsp3) is 0.250. The number of hydrogen-bond donors (Lipinski definition) is 1. The Labute approximate surface area is 140 Å². The molecule has 0 unspecified atom stereocenters. The monoisotopic (exact) mass is 357 g/mol. The molecule has 4 nitrogen and oxygen atoms in total. The molecule has 0 aliphatic carbocycles. The smallest absolute Gasteiger partial charge is 0.416 e. The Bertz CT molecular complexity index is 751. The molecule has 1 aromatic heterocycles. The third-order valence-corrected chi connectivity index (χ3v) is 4.02. The van der Waals surface area contributed by atoms with E-state index in [-0.39, 0.29) is 17.7 Å². The molecule has 1 aromatic carbocycles. The number of carbonyl (C=O) groups is 2. The summed E-state index contributed by atoms with van der Waals surface area (Å²) in [6.45, 7) is 3.62. The summed E-state index contributed by atoms with van der Waals surface area (Å²) in [7, 11) is 0. The molecule has 2 aromatic rings. The standard InChI is InChI=1S/C16H14F3NO3S/c1-3-23-15(22)12-8-9(2)24-14(12)20-13(21)10-4-6-11(7-5-10)16(17,18)19/h4-8H,3H2,1-2H3,(H,20,21). The van der Waals surface area contributed by atoms with E-state index in [1.807, 2.05) is 0 Å². The van der Waals surface area contributed by atoms with Gasteiger partial charge in [-0.15, -0.1) is 11.3 Å². The molecule has 0 aliphatic heterocycles. The SMILES string of the molecule is CCOC(=O)c1cc(C)sc1NC(=O)c1ccc(C(F)(F)F)cc1. The lowest BCUT2D eigenvalue weighted by molar-refractivity contribution is -0.137. The average molecular weight is 357 g/mol. The third-order valence-electron chi connectivity index (χ3n) is 3.05. The summed E-state index contributed by atoms with van der Waals surface area (Å²) in [6.07, 6.45) is -4.46. The Morgan fingerprint density at radius 3 is 2.38 bits per heavy atom. The normalized spacial score (nSPS) is 11.2. The van der Waals surface area contributed by atoms with Crippen molar-refractivity contribution in [2.24, 2.45) is 0 Å². The molecule has 1 N–H and O–H groups in total. The Balaban J connectivity index is 2.19. The molecule has 1 heterocycles. The first-order valence-electron chi connectivity index (χ1n) is 6.98. The van der Waals surface area contributed by atoms with Crippen LogP contribution in [-0.4, -0.2) is 18.5 Å². The van der Waals surface area contributed by atoms with Crippen molar-refractivity contribution in [1.29, 1.82) is 0 Å². The molecule has 0 saturated heterocycles. The average Bonchev–Trinajstić information content (AvgIpc) is 2.87. The number of rotatable bonds is 4. The summed E-state index contributed by atoms with van der Waals surface area (Å²) in [5.74, 6) is -1.17. The van der Waals surface area contributed by atoms with Crippen LogP contribution in [0.3, 0.4) is 0 Å². The Morgan fingerprint density at radius 1 is 1.21 bits per heavy atom. The van der Waals surface area contributed by atoms with Crippen molar-refractivity contribution in [2.75, 3.05) is 11.9 Å². The highest BCUT2D eigenvalue weighted by Crippen LogP contribution is 2.30. The summed E-state index contributed by atoms with van der Waals surface area (Å²) in [5, 5.41) is 2.84. The van der Waals surface area contributed by atoms with E-state index in [0.29, 0.717) is 5.00 Å². The second kappa shape index (κ2) is 7.04. The van der Waals surface area contributed by atoms with E-state index in [0.717, 1.165) is 29.1 Å². The van der Waals surface area contributed by atoms with Crippen LogP contribution >= 0.6 is 11.3 Å². The molecule has 0 saturated carbocycles. The van der Waals surface area contributed by atoms with Crippen LogP contribution in [0.4, 0.5) is 18.2 Å². The lowest BCUT2D eigenvalue weighted by atomic mass is 10.1. The van der Waals surface area contributed by atoms with E-state index < -0.39 is 23.6 Å². The maximum atomic E-state index is 12.5. The fourth-order valence-corrected chi connectivity index (χ4v) is 2.85. The second-order valence-corrected chi connectivity index (χ2v) is 6.11. The molecular weight excluding hydrogens is 343 g/mol. The predicted molar refractivity (Wildman–Crippen MR) is 84.4 cm³/mol. The zero-order chi connectivity index (χ0) is 17.9. The molecule has 128 valence electrons. The molecule has 0 aliphatic rings. The largest absolute Gasteiger partial charge is 0.462 e. The molecule has 0 fully saturated rings. The number of hydrogen-bond acceptors (Lipinski definition) is 4. The van der Waals surface area contributed by atoms with Crippen LogP contribution < -0.4 is 5.32 Å². The zero-order valence-electron chi connectivity index (χ0n) is 12.9. The molecule has 0 spiro atoms. The fourth-order valence-electron chi connectivity index (χ4n) is 1.95. The van der Waals surface area contributed by atoms with Crippen molar-refractivity contribution < 1.29 is 27.5 Å². The molecular formula is C16H14F3NO3S. The van der Waals surface area contributed by atoms with Crippen LogP contribution in [0.1, 0.15) is 38.1 Å². The van der Waals surface area contributed by atoms with Gasteiger partial charge in [-0.1, -0.05) is 0 Å².